The van der Waals surface area contributed by atoms with Crippen LogP contribution in [0.4, 0.5) is 0 Å². The smallest absolute Gasteiger partial charge is 0.328 e. The number of carbonyl (C=O) groups is 1. The van der Waals surface area contributed by atoms with Crippen molar-refractivity contribution in [3.05, 3.63) is 35.9 Å². The number of esters is 1. The summed E-state index contributed by atoms with van der Waals surface area (Å²) in [5.74, 6) is 1.20. The van der Waals surface area contributed by atoms with Crippen LogP contribution in [0.5, 0.6) is 0 Å². The van der Waals surface area contributed by atoms with E-state index in [2.05, 4.69) is 5.32 Å². The number of nitrogens with two attached hydrogens (primary N) is 1. The van der Waals surface area contributed by atoms with Gasteiger partial charge in [0.25, 0.3) is 0 Å². The Morgan fingerprint density at radius 1 is 1.04 bits per heavy atom. The van der Waals surface area contributed by atoms with Gasteiger partial charge in [-0.05, 0) is 81.9 Å². The van der Waals surface area contributed by atoms with Crippen molar-refractivity contribution in [1.29, 1.82) is 0 Å². The van der Waals surface area contributed by atoms with Gasteiger partial charge in [0.05, 0.1) is 0 Å². The Hall–Kier alpha value is -1.39. The molecule has 0 radical (unpaired) electrons. The molecule has 0 bridgehead atoms. The molecule has 0 spiro atoms. The Labute approximate surface area is 151 Å². The van der Waals surface area contributed by atoms with Crippen LogP contribution >= 0.6 is 0 Å². The van der Waals surface area contributed by atoms with Crippen LogP contribution in [-0.2, 0) is 9.53 Å². The minimum Gasteiger partial charge on any atom is -0.461 e. The highest BCUT2D eigenvalue weighted by atomic mass is 16.5. The summed E-state index contributed by atoms with van der Waals surface area (Å²) in [6, 6.07) is 9.63. The molecule has 3 rings (SSSR count). The van der Waals surface area contributed by atoms with E-state index >= 15 is 0 Å². The number of hydrogen-bond donors (Lipinski definition) is 2. The third kappa shape index (κ3) is 5.29. The molecule has 2 saturated carbocycles. The second-order valence-corrected chi connectivity index (χ2v) is 7.72. The van der Waals surface area contributed by atoms with Crippen LogP contribution in [0, 0.1) is 11.8 Å². The van der Waals surface area contributed by atoms with E-state index in [1.165, 1.54) is 38.5 Å². The zero-order valence-corrected chi connectivity index (χ0v) is 15.2. The van der Waals surface area contributed by atoms with E-state index in [-0.39, 0.29) is 18.1 Å². The molecule has 138 valence electrons. The van der Waals surface area contributed by atoms with E-state index in [4.69, 9.17) is 10.5 Å². The average Bonchev–Trinajstić information content (AvgIpc) is 3.16. The molecule has 25 heavy (non-hydrogen) atoms. The van der Waals surface area contributed by atoms with Crippen molar-refractivity contribution in [1.82, 2.24) is 5.32 Å². The first-order valence-corrected chi connectivity index (χ1v) is 9.95. The lowest BCUT2D eigenvalue weighted by atomic mass is 9.82. The summed E-state index contributed by atoms with van der Waals surface area (Å²) in [7, 11) is 0. The van der Waals surface area contributed by atoms with E-state index in [0.29, 0.717) is 11.8 Å². The molecule has 0 aromatic heterocycles. The van der Waals surface area contributed by atoms with Gasteiger partial charge < -0.3 is 15.8 Å². The molecule has 0 saturated heterocycles. The van der Waals surface area contributed by atoms with E-state index in [1.54, 1.807) is 0 Å². The number of nitrogens with one attached hydrogen (secondary N) is 1. The predicted molar refractivity (Wildman–Crippen MR) is 100 cm³/mol. The highest BCUT2D eigenvalue weighted by Gasteiger charge is 2.28. The molecule has 4 nitrogen and oxygen atoms in total. The lowest BCUT2D eigenvalue weighted by Gasteiger charge is -2.29. The quantitative estimate of drug-likeness (QED) is 0.742. The summed E-state index contributed by atoms with van der Waals surface area (Å²) >= 11 is 0. The van der Waals surface area contributed by atoms with Gasteiger partial charge >= 0.3 is 5.97 Å². The molecule has 1 aromatic carbocycles. The molecule has 0 heterocycles. The number of hydrogen-bond acceptors (Lipinski definition) is 4. The second-order valence-electron chi connectivity index (χ2n) is 7.72. The van der Waals surface area contributed by atoms with Gasteiger partial charge in [0, 0.05) is 0 Å². The summed E-state index contributed by atoms with van der Waals surface area (Å²) in [6.45, 7) is 1.68. The van der Waals surface area contributed by atoms with Crippen molar-refractivity contribution in [3.8, 4) is 0 Å². The number of carbonyl (C=O) groups excluding carboxylic acids is 1. The third-order valence-electron chi connectivity index (χ3n) is 5.86. The Morgan fingerprint density at radius 2 is 1.68 bits per heavy atom. The molecular weight excluding hydrogens is 312 g/mol. The van der Waals surface area contributed by atoms with Gasteiger partial charge in [0.2, 0.25) is 0 Å². The van der Waals surface area contributed by atoms with E-state index in [1.807, 2.05) is 30.3 Å². The van der Waals surface area contributed by atoms with Crippen molar-refractivity contribution in [2.24, 2.45) is 17.6 Å². The molecule has 1 unspecified atom stereocenters. The summed E-state index contributed by atoms with van der Waals surface area (Å²) in [4.78, 5) is 12.8. The molecular formula is C21H32N2O2. The summed E-state index contributed by atoms with van der Waals surface area (Å²) in [5, 5.41) is 3.51. The lowest BCUT2D eigenvalue weighted by molar-refractivity contribution is -0.151. The van der Waals surface area contributed by atoms with E-state index in [9.17, 15) is 4.79 Å². The van der Waals surface area contributed by atoms with Crippen LogP contribution in [0.15, 0.2) is 30.3 Å². The maximum atomic E-state index is 12.8. The monoisotopic (exact) mass is 344 g/mol. The van der Waals surface area contributed by atoms with Crippen LogP contribution in [0.1, 0.15) is 63.0 Å². The molecule has 2 fully saturated rings. The van der Waals surface area contributed by atoms with Gasteiger partial charge in [0.15, 0.2) is 0 Å². The maximum Gasteiger partial charge on any atom is 0.328 e. The molecule has 1 atom stereocenters. The van der Waals surface area contributed by atoms with Crippen molar-refractivity contribution in [2.75, 3.05) is 13.1 Å². The topological polar surface area (TPSA) is 64.3 Å². The standard InChI is InChI=1S/C21H32N2O2/c22-14-16-10-12-17(13-11-16)15-23-20(18-6-2-1-3-7-18)21(24)25-19-8-4-5-9-19/h1-3,6-7,16-17,19-20,23H,4-5,8-15,22H2. The minimum absolute atomic E-state index is 0.112. The zero-order valence-electron chi connectivity index (χ0n) is 15.2. The molecule has 0 aliphatic heterocycles. The zero-order chi connectivity index (χ0) is 17.5. The fourth-order valence-electron chi connectivity index (χ4n) is 4.18. The summed E-state index contributed by atoms with van der Waals surface area (Å²) < 4.78 is 5.78. The highest BCUT2D eigenvalue weighted by molar-refractivity contribution is 5.77. The fraction of sp³-hybridized carbons (Fsp3) is 0.667. The molecule has 0 amide bonds. The molecule has 2 aliphatic carbocycles. The average molecular weight is 344 g/mol. The number of ether oxygens (including phenoxy) is 1. The van der Waals surface area contributed by atoms with Gasteiger partial charge in [0.1, 0.15) is 12.1 Å². The fourth-order valence-corrected chi connectivity index (χ4v) is 4.18. The molecule has 3 N–H and O–H groups in total. The predicted octanol–water partition coefficient (Wildman–Crippen LogP) is 3.57. The largest absolute Gasteiger partial charge is 0.461 e. The third-order valence-corrected chi connectivity index (χ3v) is 5.86. The van der Waals surface area contributed by atoms with Crippen LogP contribution in [0.2, 0.25) is 0 Å². The molecule has 4 heteroatoms. The van der Waals surface area contributed by atoms with Gasteiger partial charge in [-0.1, -0.05) is 30.3 Å². The molecule has 2 aliphatic rings. The van der Waals surface area contributed by atoms with Gasteiger partial charge in [-0.15, -0.1) is 0 Å². The Balaban J connectivity index is 1.57. The molecule has 1 aromatic rings. The lowest BCUT2D eigenvalue weighted by Crippen LogP contribution is -2.36. The van der Waals surface area contributed by atoms with Crippen molar-refractivity contribution < 1.29 is 9.53 Å². The van der Waals surface area contributed by atoms with Crippen molar-refractivity contribution in [2.45, 2.75) is 63.5 Å². The highest BCUT2D eigenvalue weighted by Crippen LogP contribution is 2.29. The normalized spacial score (nSPS) is 25.6. The van der Waals surface area contributed by atoms with E-state index < -0.39 is 0 Å². The SMILES string of the molecule is NCC1CCC(CNC(C(=O)OC2CCCC2)c2ccccc2)CC1. The van der Waals surface area contributed by atoms with Gasteiger partial charge in [-0.3, -0.25) is 0 Å². The van der Waals surface area contributed by atoms with Crippen molar-refractivity contribution >= 4 is 5.97 Å². The van der Waals surface area contributed by atoms with E-state index in [0.717, 1.165) is 31.5 Å². The van der Waals surface area contributed by atoms with Crippen LogP contribution in [-0.4, -0.2) is 25.2 Å². The first-order valence-electron chi connectivity index (χ1n) is 9.95. The Morgan fingerprint density at radius 3 is 2.32 bits per heavy atom. The van der Waals surface area contributed by atoms with Crippen molar-refractivity contribution in [3.63, 3.8) is 0 Å². The van der Waals surface area contributed by atoms with Crippen LogP contribution in [0.3, 0.4) is 0 Å². The second kappa shape index (κ2) is 9.35. The van der Waals surface area contributed by atoms with Gasteiger partial charge in [-0.25, -0.2) is 4.79 Å². The number of rotatable bonds is 7. The number of benzene rings is 1. The Bertz CT molecular complexity index is 520. The van der Waals surface area contributed by atoms with Gasteiger partial charge in [-0.2, -0.15) is 0 Å². The minimum atomic E-state index is -0.353. The maximum absolute atomic E-state index is 12.8. The Kier molecular flexibility index (Phi) is 6.88. The summed E-state index contributed by atoms with van der Waals surface area (Å²) in [6.07, 6.45) is 9.31. The van der Waals surface area contributed by atoms with Crippen LogP contribution in [0.25, 0.3) is 0 Å². The first-order chi connectivity index (χ1) is 12.3. The van der Waals surface area contributed by atoms with Crippen LogP contribution < -0.4 is 11.1 Å². The first kappa shape index (κ1) is 18.4. The summed E-state index contributed by atoms with van der Waals surface area (Å²) in [5.41, 5.74) is 6.79.